The SMILES string of the molecule is Cc1ccc([C@@H]2[C@H]3COCC=C3[C@H](C#N)C(=N)C2(C#N)C#N)o1. The van der Waals surface area contributed by atoms with E-state index in [9.17, 15) is 15.8 Å². The number of fused-ring (bicyclic) bond motifs is 1. The van der Waals surface area contributed by atoms with Crippen LogP contribution in [0.15, 0.2) is 28.2 Å². The van der Waals surface area contributed by atoms with E-state index in [1.54, 1.807) is 25.1 Å². The highest BCUT2D eigenvalue weighted by Gasteiger charge is 2.58. The minimum absolute atomic E-state index is 0.173. The fourth-order valence-corrected chi connectivity index (χ4v) is 3.54. The van der Waals surface area contributed by atoms with Gasteiger partial charge in [0.15, 0.2) is 5.41 Å². The Labute approximate surface area is 133 Å². The Kier molecular flexibility index (Phi) is 3.52. The normalized spacial score (nSPS) is 28.7. The van der Waals surface area contributed by atoms with Gasteiger partial charge in [-0.15, -0.1) is 0 Å². The van der Waals surface area contributed by atoms with E-state index >= 15 is 0 Å². The van der Waals surface area contributed by atoms with Crippen molar-refractivity contribution in [2.45, 2.75) is 12.8 Å². The Morgan fingerprint density at radius 2 is 2.00 bits per heavy atom. The zero-order valence-electron chi connectivity index (χ0n) is 12.5. The van der Waals surface area contributed by atoms with Crippen molar-refractivity contribution in [3.05, 3.63) is 35.3 Å². The molecule has 1 aromatic rings. The molecule has 0 unspecified atom stereocenters. The molecule has 0 aromatic carbocycles. The first-order valence-corrected chi connectivity index (χ1v) is 7.24. The summed E-state index contributed by atoms with van der Waals surface area (Å²) in [6.07, 6.45) is 1.79. The average Bonchev–Trinajstić information content (AvgIpc) is 3.00. The number of rotatable bonds is 1. The van der Waals surface area contributed by atoms with Gasteiger partial charge in [-0.2, -0.15) is 15.8 Å². The summed E-state index contributed by atoms with van der Waals surface area (Å²) in [6.45, 7) is 2.45. The summed E-state index contributed by atoms with van der Waals surface area (Å²) in [7, 11) is 0. The van der Waals surface area contributed by atoms with Crippen LogP contribution in [0.4, 0.5) is 0 Å². The van der Waals surface area contributed by atoms with Crippen LogP contribution in [0.1, 0.15) is 17.4 Å². The maximum absolute atomic E-state index is 9.73. The van der Waals surface area contributed by atoms with E-state index in [0.29, 0.717) is 24.7 Å². The first-order valence-electron chi connectivity index (χ1n) is 7.24. The van der Waals surface area contributed by atoms with E-state index in [0.717, 1.165) is 5.57 Å². The standard InChI is InChI=1S/C17H14N4O2/c1-10-2-3-14(23-10)15-13-7-22-5-4-11(13)12(6-18)16(21)17(15,8-19)9-20/h2-4,12-13,15,21H,5,7H2,1H3/t12-,13-,15-/m0/s1. The lowest BCUT2D eigenvalue weighted by molar-refractivity contribution is 0.0900. The molecule has 0 radical (unpaired) electrons. The third kappa shape index (κ3) is 1.99. The molecule has 6 heteroatoms. The van der Waals surface area contributed by atoms with Crippen molar-refractivity contribution in [1.29, 1.82) is 21.2 Å². The topological polar surface area (TPSA) is 118 Å². The number of aryl methyl sites for hydroxylation is 1. The lowest BCUT2D eigenvalue weighted by atomic mass is 9.56. The predicted octanol–water partition coefficient (Wildman–Crippen LogP) is 2.45. The van der Waals surface area contributed by atoms with Crippen molar-refractivity contribution >= 4 is 5.71 Å². The minimum atomic E-state index is -1.73. The van der Waals surface area contributed by atoms with Crippen molar-refractivity contribution in [1.82, 2.24) is 0 Å². The van der Waals surface area contributed by atoms with Gasteiger partial charge in [0.2, 0.25) is 0 Å². The van der Waals surface area contributed by atoms with Crippen LogP contribution in [-0.2, 0) is 4.74 Å². The number of nitrogens with one attached hydrogen (secondary N) is 1. The van der Waals surface area contributed by atoms with E-state index in [1.807, 2.05) is 12.1 Å². The van der Waals surface area contributed by atoms with E-state index in [4.69, 9.17) is 14.6 Å². The van der Waals surface area contributed by atoms with Crippen LogP contribution in [0.25, 0.3) is 0 Å². The van der Waals surface area contributed by atoms with E-state index in [-0.39, 0.29) is 11.6 Å². The molecule has 1 aromatic heterocycles. The van der Waals surface area contributed by atoms with Crippen LogP contribution in [0, 0.1) is 63.6 Å². The molecule has 1 saturated carbocycles. The van der Waals surface area contributed by atoms with Gasteiger partial charge in [-0.05, 0) is 24.6 Å². The monoisotopic (exact) mass is 306 g/mol. The molecule has 6 nitrogen and oxygen atoms in total. The van der Waals surface area contributed by atoms with Crippen LogP contribution >= 0.6 is 0 Å². The molecule has 0 saturated heterocycles. The van der Waals surface area contributed by atoms with Gasteiger partial charge in [-0.25, -0.2) is 0 Å². The predicted molar refractivity (Wildman–Crippen MR) is 79.1 cm³/mol. The number of hydrogen-bond donors (Lipinski definition) is 1. The largest absolute Gasteiger partial charge is 0.466 e. The third-order valence-corrected chi connectivity index (χ3v) is 4.63. The fourth-order valence-electron chi connectivity index (χ4n) is 3.54. The number of hydrogen-bond acceptors (Lipinski definition) is 6. The number of nitriles is 3. The smallest absolute Gasteiger partial charge is 0.192 e. The van der Waals surface area contributed by atoms with E-state index < -0.39 is 17.3 Å². The number of furan rings is 1. The van der Waals surface area contributed by atoms with Crippen LogP contribution in [-0.4, -0.2) is 18.9 Å². The molecular formula is C17H14N4O2. The highest BCUT2D eigenvalue weighted by molar-refractivity contribution is 6.00. The lowest BCUT2D eigenvalue weighted by Crippen LogP contribution is -2.50. The Bertz CT molecular complexity index is 801. The minimum Gasteiger partial charge on any atom is -0.466 e. The van der Waals surface area contributed by atoms with Gasteiger partial charge in [0, 0.05) is 5.92 Å². The Balaban J connectivity index is 2.25. The third-order valence-electron chi connectivity index (χ3n) is 4.63. The van der Waals surface area contributed by atoms with Gasteiger partial charge < -0.3 is 14.6 Å². The quantitative estimate of drug-likeness (QED) is 0.799. The van der Waals surface area contributed by atoms with Gasteiger partial charge in [0.05, 0.1) is 43.1 Å². The average molecular weight is 306 g/mol. The molecule has 1 fully saturated rings. The summed E-state index contributed by atoms with van der Waals surface area (Å²) in [5.41, 5.74) is -1.15. The van der Waals surface area contributed by atoms with Crippen LogP contribution < -0.4 is 0 Å². The Morgan fingerprint density at radius 1 is 1.26 bits per heavy atom. The summed E-state index contributed by atoms with van der Waals surface area (Å²) in [5.74, 6) is -0.702. The van der Waals surface area contributed by atoms with Gasteiger partial charge in [0.1, 0.15) is 17.4 Å². The molecule has 114 valence electrons. The molecule has 2 aliphatic rings. The molecule has 0 spiro atoms. The molecule has 3 atom stereocenters. The molecule has 2 heterocycles. The maximum atomic E-state index is 9.73. The molecule has 1 aliphatic carbocycles. The van der Waals surface area contributed by atoms with Gasteiger partial charge in [-0.3, -0.25) is 0 Å². The second kappa shape index (κ2) is 5.39. The van der Waals surface area contributed by atoms with Crippen LogP contribution in [0.5, 0.6) is 0 Å². The van der Waals surface area contributed by atoms with Gasteiger partial charge in [-0.1, -0.05) is 6.08 Å². The molecule has 0 amide bonds. The zero-order valence-corrected chi connectivity index (χ0v) is 12.5. The second-order valence-electron chi connectivity index (χ2n) is 5.78. The summed E-state index contributed by atoms with van der Waals surface area (Å²) in [5, 5.41) is 37.3. The molecule has 0 bridgehead atoms. The maximum Gasteiger partial charge on any atom is 0.192 e. The first kappa shape index (κ1) is 15.0. The molecular weight excluding hydrogens is 292 g/mol. The van der Waals surface area contributed by atoms with Gasteiger partial charge in [0.25, 0.3) is 0 Å². The lowest BCUT2D eigenvalue weighted by Gasteiger charge is -2.44. The summed E-state index contributed by atoms with van der Waals surface area (Å²) >= 11 is 0. The Morgan fingerprint density at radius 3 is 2.57 bits per heavy atom. The molecule has 23 heavy (non-hydrogen) atoms. The van der Waals surface area contributed by atoms with Crippen molar-refractivity contribution in [2.24, 2.45) is 17.3 Å². The van der Waals surface area contributed by atoms with Crippen molar-refractivity contribution in [3.63, 3.8) is 0 Å². The Hall–Kier alpha value is -2.88. The highest BCUT2D eigenvalue weighted by Crippen LogP contribution is 2.53. The van der Waals surface area contributed by atoms with Crippen LogP contribution in [0.3, 0.4) is 0 Å². The summed E-state index contributed by atoms with van der Waals surface area (Å²) in [4.78, 5) is 0. The second-order valence-corrected chi connectivity index (χ2v) is 5.78. The summed E-state index contributed by atoms with van der Waals surface area (Å²) < 4.78 is 11.2. The molecule has 3 rings (SSSR count). The van der Waals surface area contributed by atoms with E-state index in [2.05, 4.69) is 6.07 Å². The molecule has 1 aliphatic heterocycles. The van der Waals surface area contributed by atoms with Crippen molar-refractivity contribution in [2.75, 3.05) is 13.2 Å². The zero-order chi connectivity index (χ0) is 16.6. The van der Waals surface area contributed by atoms with Crippen molar-refractivity contribution < 1.29 is 9.15 Å². The highest BCUT2D eigenvalue weighted by atomic mass is 16.5. The fraction of sp³-hybridized carbons (Fsp3) is 0.412. The van der Waals surface area contributed by atoms with Gasteiger partial charge >= 0.3 is 0 Å². The number of nitrogens with zero attached hydrogens (tertiary/aromatic N) is 3. The number of ether oxygens (including phenoxy) is 1. The first-order chi connectivity index (χ1) is 11.1. The molecule has 1 N–H and O–H groups in total. The van der Waals surface area contributed by atoms with Crippen molar-refractivity contribution in [3.8, 4) is 18.2 Å². The van der Waals surface area contributed by atoms with Crippen LogP contribution in [0.2, 0.25) is 0 Å². The summed E-state index contributed by atoms with van der Waals surface area (Å²) in [6, 6.07) is 9.55. The van der Waals surface area contributed by atoms with E-state index in [1.165, 1.54) is 0 Å².